The highest BCUT2D eigenvalue weighted by Gasteiger charge is 2.19. The average Bonchev–Trinajstić information content (AvgIpc) is 3.35. The van der Waals surface area contributed by atoms with Crippen molar-refractivity contribution in [1.29, 1.82) is 0 Å². The quantitative estimate of drug-likeness (QED) is 0.144. The second-order valence-electron chi connectivity index (χ2n) is 14.2. The third kappa shape index (κ3) is 7.58. The predicted molar refractivity (Wildman–Crippen MR) is 240 cm³/mol. The molecule has 0 fully saturated rings. The lowest BCUT2D eigenvalue weighted by atomic mass is 9.99. The molecule has 5 heterocycles. The molecule has 10 aromatic rings. The van der Waals surface area contributed by atoms with Crippen molar-refractivity contribution < 1.29 is 0 Å². The molecule has 0 saturated heterocycles. The number of pyridine rings is 3. The van der Waals surface area contributed by atoms with Gasteiger partial charge in [0.15, 0.2) is 11.6 Å². The maximum atomic E-state index is 5.26. The smallest absolute Gasteiger partial charge is 0.161 e. The van der Waals surface area contributed by atoms with Gasteiger partial charge in [-0.15, -0.1) is 0 Å². The lowest BCUT2D eigenvalue weighted by Crippen LogP contribution is -2.00. The van der Waals surface area contributed by atoms with Crippen LogP contribution in [0.4, 0.5) is 0 Å². The van der Waals surface area contributed by atoms with Gasteiger partial charge in [-0.25, -0.2) is 24.9 Å². The van der Waals surface area contributed by atoms with Gasteiger partial charge in [0.2, 0.25) is 0 Å². The molecule has 5 aromatic carbocycles. The molecular formula is C53H35N7. The predicted octanol–water partition coefficient (Wildman–Crippen LogP) is 12.5. The topological polar surface area (TPSA) is 90.2 Å². The molecule has 0 spiro atoms. The van der Waals surface area contributed by atoms with E-state index in [9.17, 15) is 0 Å². The molecule has 0 aliphatic rings. The maximum absolute atomic E-state index is 5.26. The molecule has 10 rings (SSSR count). The zero-order valence-corrected chi connectivity index (χ0v) is 32.3. The van der Waals surface area contributed by atoms with Gasteiger partial charge in [0.05, 0.1) is 45.6 Å². The summed E-state index contributed by atoms with van der Waals surface area (Å²) in [6.07, 6.45) is 3.63. The number of nitrogens with zero attached hydrogens (tertiary/aromatic N) is 7. The Balaban J connectivity index is 1.09. The summed E-state index contributed by atoms with van der Waals surface area (Å²) < 4.78 is 0. The first-order valence-electron chi connectivity index (χ1n) is 19.7. The van der Waals surface area contributed by atoms with Gasteiger partial charge in [0.25, 0.3) is 0 Å². The third-order valence-corrected chi connectivity index (χ3v) is 10.2. The summed E-state index contributed by atoms with van der Waals surface area (Å²) in [5, 5.41) is 0. The van der Waals surface area contributed by atoms with Gasteiger partial charge in [-0.2, -0.15) is 0 Å². The minimum atomic E-state index is 0.591. The van der Waals surface area contributed by atoms with Gasteiger partial charge in [-0.1, -0.05) is 152 Å². The fourth-order valence-electron chi connectivity index (χ4n) is 7.22. The molecule has 0 atom stereocenters. The molecule has 0 amide bonds. The normalized spacial score (nSPS) is 11.0. The summed E-state index contributed by atoms with van der Waals surface area (Å²) >= 11 is 0. The van der Waals surface area contributed by atoms with Crippen molar-refractivity contribution in [3.8, 4) is 102 Å². The Morgan fingerprint density at radius 3 is 1.25 bits per heavy atom. The first-order valence-corrected chi connectivity index (χ1v) is 19.7. The third-order valence-electron chi connectivity index (χ3n) is 10.2. The first kappa shape index (κ1) is 36.1. The van der Waals surface area contributed by atoms with Crippen molar-refractivity contribution >= 4 is 0 Å². The highest BCUT2D eigenvalue weighted by atomic mass is 14.9. The van der Waals surface area contributed by atoms with E-state index in [1.54, 1.807) is 6.20 Å². The van der Waals surface area contributed by atoms with E-state index in [-0.39, 0.29) is 0 Å². The fraction of sp³-hybridized carbons (Fsp3) is 0. The van der Waals surface area contributed by atoms with Crippen molar-refractivity contribution in [2.75, 3.05) is 0 Å². The minimum Gasteiger partial charge on any atom is -0.254 e. The Bertz CT molecular complexity index is 2940. The van der Waals surface area contributed by atoms with Gasteiger partial charge < -0.3 is 0 Å². The zero-order valence-electron chi connectivity index (χ0n) is 32.3. The molecule has 60 heavy (non-hydrogen) atoms. The molecule has 0 radical (unpaired) electrons. The summed E-state index contributed by atoms with van der Waals surface area (Å²) in [6.45, 7) is 0. The van der Waals surface area contributed by atoms with Crippen molar-refractivity contribution in [1.82, 2.24) is 34.9 Å². The molecule has 0 aliphatic carbocycles. The highest BCUT2D eigenvalue weighted by molar-refractivity contribution is 5.84. The Labute approximate surface area is 347 Å². The van der Waals surface area contributed by atoms with Crippen molar-refractivity contribution in [3.63, 3.8) is 0 Å². The van der Waals surface area contributed by atoms with Crippen LogP contribution in [-0.2, 0) is 0 Å². The van der Waals surface area contributed by atoms with E-state index in [1.165, 1.54) is 0 Å². The fourth-order valence-corrected chi connectivity index (χ4v) is 7.22. The molecule has 7 nitrogen and oxygen atoms in total. The Hall–Kier alpha value is -8.29. The van der Waals surface area contributed by atoms with E-state index in [4.69, 9.17) is 34.9 Å². The van der Waals surface area contributed by atoms with Gasteiger partial charge in [-0.3, -0.25) is 9.97 Å². The highest BCUT2D eigenvalue weighted by Crippen LogP contribution is 2.36. The molecule has 282 valence electrons. The van der Waals surface area contributed by atoms with Crippen LogP contribution in [0, 0.1) is 0 Å². The summed E-state index contributed by atoms with van der Waals surface area (Å²) in [6, 6.07) is 67.1. The van der Waals surface area contributed by atoms with Gasteiger partial charge >= 0.3 is 0 Å². The van der Waals surface area contributed by atoms with Gasteiger partial charge in [-0.05, 0) is 59.7 Å². The van der Waals surface area contributed by atoms with Crippen LogP contribution >= 0.6 is 0 Å². The molecule has 0 bridgehead atoms. The van der Waals surface area contributed by atoms with Crippen molar-refractivity contribution in [2.24, 2.45) is 0 Å². The van der Waals surface area contributed by atoms with Crippen LogP contribution in [-0.4, -0.2) is 34.9 Å². The molecule has 0 aliphatic heterocycles. The Kier molecular flexibility index (Phi) is 9.79. The number of rotatable bonds is 9. The van der Waals surface area contributed by atoms with Crippen LogP contribution in [0.5, 0.6) is 0 Å². The summed E-state index contributed by atoms with van der Waals surface area (Å²) in [5.41, 5.74) is 13.7. The molecule has 0 unspecified atom stereocenters. The Morgan fingerprint density at radius 2 is 0.717 bits per heavy atom. The Morgan fingerprint density at radius 1 is 0.250 bits per heavy atom. The van der Waals surface area contributed by atoms with E-state index in [0.29, 0.717) is 34.4 Å². The van der Waals surface area contributed by atoms with E-state index in [0.717, 1.165) is 67.3 Å². The average molecular weight is 770 g/mol. The van der Waals surface area contributed by atoms with E-state index >= 15 is 0 Å². The van der Waals surface area contributed by atoms with Crippen LogP contribution in [0.2, 0.25) is 0 Å². The van der Waals surface area contributed by atoms with Crippen molar-refractivity contribution in [2.45, 2.75) is 0 Å². The van der Waals surface area contributed by atoms with Gasteiger partial charge in [0, 0.05) is 45.8 Å². The molecule has 5 aromatic heterocycles. The number of hydrogen-bond donors (Lipinski definition) is 0. The number of benzene rings is 5. The van der Waals surface area contributed by atoms with E-state index in [1.807, 2.05) is 146 Å². The standard InChI is InChI=1S/C53H35N7/c1-6-17-36(18-7-1)42-31-49(44-29-28-41(35-55-44)53-58-45(37-19-8-2-9-20-37)33-46(59-53)38-21-10-3-11-22-38)56-50(32-42)51-43(27-16-30-54-51)48-34-47(39-23-12-4-13-24-39)57-52(60-48)40-25-14-5-15-26-40/h1-35H. The molecule has 7 heteroatoms. The largest absolute Gasteiger partial charge is 0.254 e. The second kappa shape index (κ2) is 16.3. The minimum absolute atomic E-state index is 0.591. The summed E-state index contributed by atoms with van der Waals surface area (Å²) in [7, 11) is 0. The summed E-state index contributed by atoms with van der Waals surface area (Å²) in [5.74, 6) is 1.22. The van der Waals surface area contributed by atoms with E-state index in [2.05, 4.69) is 60.7 Å². The maximum Gasteiger partial charge on any atom is 0.161 e. The zero-order chi connectivity index (χ0) is 40.1. The van der Waals surface area contributed by atoms with Crippen LogP contribution in [0.25, 0.3) is 102 Å². The van der Waals surface area contributed by atoms with E-state index < -0.39 is 0 Å². The van der Waals surface area contributed by atoms with Crippen LogP contribution < -0.4 is 0 Å². The SMILES string of the molecule is c1ccc(-c2cc(-c3ccc(-c4nc(-c5ccccc5)cc(-c5ccccc5)n4)cn3)nc(-c3ncccc3-c3cc(-c4ccccc4)nc(-c4ccccc4)n3)c2)cc1. The van der Waals surface area contributed by atoms with Crippen molar-refractivity contribution in [3.05, 3.63) is 213 Å². The molecule has 0 N–H and O–H groups in total. The second-order valence-corrected chi connectivity index (χ2v) is 14.2. The van der Waals surface area contributed by atoms with Crippen LogP contribution in [0.3, 0.4) is 0 Å². The summed E-state index contributed by atoms with van der Waals surface area (Å²) in [4.78, 5) is 35.4. The molecular weight excluding hydrogens is 735 g/mol. The van der Waals surface area contributed by atoms with Gasteiger partial charge in [0.1, 0.15) is 0 Å². The number of hydrogen-bond acceptors (Lipinski definition) is 7. The van der Waals surface area contributed by atoms with Crippen LogP contribution in [0.15, 0.2) is 213 Å². The number of aromatic nitrogens is 7. The monoisotopic (exact) mass is 769 g/mol. The first-order chi connectivity index (χ1) is 29.7. The lowest BCUT2D eigenvalue weighted by molar-refractivity contribution is 1.16. The van der Waals surface area contributed by atoms with Crippen LogP contribution in [0.1, 0.15) is 0 Å². The lowest BCUT2D eigenvalue weighted by Gasteiger charge is -2.14. The molecule has 0 saturated carbocycles.